The highest BCUT2D eigenvalue weighted by Gasteiger charge is 1.89. The van der Waals surface area contributed by atoms with Gasteiger partial charge in [0.25, 0.3) is 0 Å². The molecule has 0 aromatic heterocycles. The van der Waals surface area contributed by atoms with Crippen molar-refractivity contribution in [3.8, 4) is 0 Å². The Hall–Kier alpha value is 1.000. The maximum atomic E-state index is 5.38. The summed E-state index contributed by atoms with van der Waals surface area (Å²) >= 11 is 0. The van der Waals surface area contributed by atoms with Gasteiger partial charge in [-0.3, -0.25) is 0 Å². The minimum Gasteiger partial charge on any atom is -0.330 e. The Morgan fingerprint density at radius 1 is 0.500 bits per heavy atom. The van der Waals surface area contributed by atoms with Crippen LogP contribution in [0.2, 0.25) is 0 Å². The molecule has 18 heavy (non-hydrogen) atoms. The van der Waals surface area contributed by atoms with E-state index in [1.165, 1.54) is 12.8 Å². The van der Waals surface area contributed by atoms with Gasteiger partial charge in [-0.25, -0.2) is 0 Å². The van der Waals surface area contributed by atoms with Gasteiger partial charge in [0.05, 0.1) is 0 Å². The second-order valence-corrected chi connectivity index (χ2v) is 3.49. The second-order valence-electron chi connectivity index (χ2n) is 3.49. The SMILES string of the molecule is Cl.Cl.Cl.Cl.NCCCNCCCCNCCCN. The van der Waals surface area contributed by atoms with E-state index in [1.807, 2.05) is 0 Å². The third-order valence-corrected chi connectivity index (χ3v) is 2.07. The zero-order chi connectivity index (χ0) is 10.5. The fraction of sp³-hybridized carbons (Fsp3) is 1.00. The van der Waals surface area contributed by atoms with Crippen molar-refractivity contribution in [2.75, 3.05) is 39.3 Å². The highest BCUT2D eigenvalue weighted by molar-refractivity contribution is 5.86. The summed E-state index contributed by atoms with van der Waals surface area (Å²) in [5.74, 6) is 0. The number of nitrogens with two attached hydrogens (primary N) is 2. The predicted octanol–water partition coefficient (Wildman–Crippen LogP) is 1.33. The van der Waals surface area contributed by atoms with Crippen LogP contribution >= 0.6 is 49.6 Å². The molecule has 118 valence electrons. The maximum absolute atomic E-state index is 5.38. The maximum Gasteiger partial charge on any atom is -0.00369 e. The molecule has 0 aliphatic rings. The number of nitrogens with one attached hydrogen (secondary N) is 2. The molecule has 0 radical (unpaired) electrons. The molecule has 0 fully saturated rings. The Morgan fingerprint density at radius 3 is 1.06 bits per heavy atom. The Bertz CT molecular complexity index is 99.9. The van der Waals surface area contributed by atoms with E-state index in [0.717, 1.165) is 52.1 Å². The molecule has 0 aliphatic carbocycles. The van der Waals surface area contributed by atoms with Crippen molar-refractivity contribution in [2.24, 2.45) is 11.5 Å². The van der Waals surface area contributed by atoms with Crippen molar-refractivity contribution in [2.45, 2.75) is 25.7 Å². The van der Waals surface area contributed by atoms with E-state index in [2.05, 4.69) is 10.6 Å². The van der Waals surface area contributed by atoms with Crippen LogP contribution in [-0.4, -0.2) is 39.3 Å². The smallest absolute Gasteiger partial charge is 0.00369 e. The first-order valence-corrected chi connectivity index (χ1v) is 5.73. The average molecular weight is 348 g/mol. The van der Waals surface area contributed by atoms with E-state index in [9.17, 15) is 0 Å². The third-order valence-electron chi connectivity index (χ3n) is 2.07. The summed E-state index contributed by atoms with van der Waals surface area (Å²) < 4.78 is 0. The van der Waals surface area contributed by atoms with Crippen molar-refractivity contribution >= 4 is 49.6 Å². The predicted molar refractivity (Wildman–Crippen MR) is 91.3 cm³/mol. The molecule has 0 saturated heterocycles. The Balaban J connectivity index is -0.000000141. The first kappa shape index (κ1) is 31.4. The van der Waals surface area contributed by atoms with Crippen molar-refractivity contribution in [1.82, 2.24) is 10.6 Å². The van der Waals surface area contributed by atoms with Gasteiger partial charge < -0.3 is 22.1 Å². The molecule has 6 N–H and O–H groups in total. The first-order chi connectivity index (χ1) is 6.91. The number of hydrogen-bond acceptors (Lipinski definition) is 4. The lowest BCUT2D eigenvalue weighted by molar-refractivity contribution is 0.570. The number of unbranched alkanes of at least 4 members (excludes halogenated alkanes) is 1. The summed E-state index contributed by atoms with van der Waals surface area (Å²) in [4.78, 5) is 0. The van der Waals surface area contributed by atoms with Crippen LogP contribution < -0.4 is 22.1 Å². The summed E-state index contributed by atoms with van der Waals surface area (Å²) in [6.07, 6.45) is 4.63. The van der Waals surface area contributed by atoms with Crippen LogP contribution in [0.15, 0.2) is 0 Å². The lowest BCUT2D eigenvalue weighted by atomic mass is 10.3. The van der Waals surface area contributed by atoms with Crippen molar-refractivity contribution < 1.29 is 0 Å². The topological polar surface area (TPSA) is 76.1 Å². The summed E-state index contributed by atoms with van der Waals surface area (Å²) in [6, 6.07) is 0. The van der Waals surface area contributed by atoms with Gasteiger partial charge in [-0.05, 0) is 65.0 Å². The van der Waals surface area contributed by atoms with Crippen LogP contribution in [0.5, 0.6) is 0 Å². The lowest BCUT2D eigenvalue weighted by Crippen LogP contribution is -2.22. The molecular formula is C10H30Cl4N4. The highest BCUT2D eigenvalue weighted by Crippen LogP contribution is 1.84. The van der Waals surface area contributed by atoms with Crippen molar-refractivity contribution in [3.63, 3.8) is 0 Å². The van der Waals surface area contributed by atoms with Crippen LogP contribution in [0.3, 0.4) is 0 Å². The minimum absolute atomic E-state index is 0. The number of rotatable bonds is 11. The quantitative estimate of drug-likeness (QED) is 0.425. The minimum atomic E-state index is 0. The molecule has 0 aromatic rings. The summed E-state index contributed by atoms with van der Waals surface area (Å²) in [6.45, 7) is 5.90. The molecule has 0 bridgehead atoms. The van der Waals surface area contributed by atoms with Gasteiger partial charge in [0, 0.05) is 0 Å². The van der Waals surface area contributed by atoms with Gasteiger partial charge >= 0.3 is 0 Å². The molecule has 0 spiro atoms. The van der Waals surface area contributed by atoms with Crippen LogP contribution in [-0.2, 0) is 0 Å². The van der Waals surface area contributed by atoms with Gasteiger partial charge in [0.1, 0.15) is 0 Å². The van der Waals surface area contributed by atoms with Crippen molar-refractivity contribution in [1.29, 1.82) is 0 Å². The number of halogens is 4. The fourth-order valence-electron chi connectivity index (χ4n) is 1.20. The molecule has 0 saturated carbocycles. The van der Waals surface area contributed by atoms with E-state index in [4.69, 9.17) is 11.5 Å². The molecule has 0 aliphatic heterocycles. The lowest BCUT2D eigenvalue weighted by Gasteiger charge is -2.04. The van der Waals surface area contributed by atoms with E-state index in [1.54, 1.807) is 0 Å². The summed E-state index contributed by atoms with van der Waals surface area (Å²) in [5.41, 5.74) is 10.8. The normalized spacial score (nSPS) is 8.33. The number of hydrogen-bond donors (Lipinski definition) is 4. The van der Waals surface area contributed by atoms with Gasteiger partial charge in [0.2, 0.25) is 0 Å². The van der Waals surface area contributed by atoms with E-state index in [-0.39, 0.29) is 49.6 Å². The Labute approximate surface area is 136 Å². The first-order valence-electron chi connectivity index (χ1n) is 5.73. The van der Waals surface area contributed by atoms with Crippen LogP contribution in [0.1, 0.15) is 25.7 Å². The second kappa shape index (κ2) is 30.8. The Kier molecular flexibility index (Phi) is 53.7. The molecule has 0 atom stereocenters. The molecule has 0 aromatic carbocycles. The zero-order valence-corrected chi connectivity index (χ0v) is 14.1. The Morgan fingerprint density at radius 2 is 0.778 bits per heavy atom. The van der Waals surface area contributed by atoms with Gasteiger partial charge in [0.15, 0.2) is 0 Å². The molecular weight excluding hydrogens is 318 g/mol. The molecule has 0 amide bonds. The van der Waals surface area contributed by atoms with Crippen molar-refractivity contribution in [3.05, 3.63) is 0 Å². The highest BCUT2D eigenvalue weighted by atomic mass is 35.5. The molecule has 0 heterocycles. The van der Waals surface area contributed by atoms with Gasteiger partial charge in [-0.1, -0.05) is 0 Å². The standard InChI is InChI=1S/C10H26N4.4ClH/c11-5-3-9-13-7-1-2-8-14-10-4-6-12;;;;/h13-14H,1-12H2;4*1H. The summed E-state index contributed by atoms with van der Waals surface area (Å²) in [7, 11) is 0. The molecule has 0 unspecified atom stereocenters. The third kappa shape index (κ3) is 30.2. The molecule has 0 rings (SSSR count). The zero-order valence-electron chi connectivity index (χ0n) is 10.9. The molecule has 4 nitrogen and oxygen atoms in total. The van der Waals surface area contributed by atoms with Crippen LogP contribution in [0.4, 0.5) is 0 Å². The van der Waals surface area contributed by atoms with Gasteiger partial charge in [-0.2, -0.15) is 0 Å². The molecule has 8 heteroatoms. The van der Waals surface area contributed by atoms with Gasteiger partial charge in [-0.15, -0.1) is 49.6 Å². The average Bonchev–Trinajstić information content (AvgIpc) is 2.21. The monoisotopic (exact) mass is 346 g/mol. The van der Waals surface area contributed by atoms with E-state index < -0.39 is 0 Å². The van der Waals surface area contributed by atoms with E-state index in [0.29, 0.717) is 0 Å². The largest absolute Gasteiger partial charge is 0.330 e. The van der Waals surface area contributed by atoms with E-state index >= 15 is 0 Å². The van der Waals surface area contributed by atoms with Crippen LogP contribution in [0.25, 0.3) is 0 Å². The van der Waals surface area contributed by atoms with Crippen LogP contribution in [0, 0.1) is 0 Å². The summed E-state index contributed by atoms with van der Waals surface area (Å²) in [5, 5.41) is 6.72. The fourth-order valence-corrected chi connectivity index (χ4v) is 1.20.